The second-order valence-electron chi connectivity index (χ2n) is 10.8. The van der Waals surface area contributed by atoms with E-state index in [4.69, 9.17) is 21.1 Å². The lowest BCUT2D eigenvalue weighted by atomic mass is 9.94. The van der Waals surface area contributed by atoms with E-state index < -0.39 is 11.0 Å². The molecule has 0 radical (unpaired) electrons. The van der Waals surface area contributed by atoms with Crippen LogP contribution in [0, 0.1) is 23.0 Å². The highest BCUT2D eigenvalue weighted by Gasteiger charge is 2.25. The first-order chi connectivity index (χ1) is 18.6. The Balaban J connectivity index is 1.27. The summed E-state index contributed by atoms with van der Waals surface area (Å²) in [6.45, 7) is 7.10. The van der Waals surface area contributed by atoms with Crippen molar-refractivity contribution in [2.45, 2.75) is 51.7 Å². The van der Waals surface area contributed by atoms with Crippen molar-refractivity contribution >= 4 is 23.0 Å². The predicted octanol–water partition coefficient (Wildman–Crippen LogP) is 6.52. The van der Waals surface area contributed by atoms with Gasteiger partial charge in [0.05, 0.1) is 9.95 Å². The molecule has 1 fully saturated rings. The van der Waals surface area contributed by atoms with E-state index in [1.807, 2.05) is 49.4 Å². The van der Waals surface area contributed by atoms with Crippen molar-refractivity contribution < 1.29 is 19.5 Å². The van der Waals surface area contributed by atoms with Crippen LogP contribution in [-0.4, -0.2) is 41.4 Å². The monoisotopic (exact) mass is 553 g/mol. The van der Waals surface area contributed by atoms with E-state index in [0.29, 0.717) is 47.0 Å². The van der Waals surface area contributed by atoms with Crippen molar-refractivity contribution in [1.82, 2.24) is 5.32 Å². The number of rotatable bonds is 14. The van der Waals surface area contributed by atoms with Gasteiger partial charge in [-0.2, -0.15) is 0 Å². The zero-order valence-corrected chi connectivity index (χ0v) is 23.3. The minimum absolute atomic E-state index is 0.00988. The Morgan fingerprint density at radius 1 is 1.13 bits per heavy atom. The van der Waals surface area contributed by atoms with Crippen LogP contribution in [-0.2, 0) is 6.42 Å². The molecule has 4 rings (SSSR count). The Bertz CT molecular complexity index is 1280. The van der Waals surface area contributed by atoms with Crippen LogP contribution in [0.25, 0.3) is 0 Å². The molecule has 9 heteroatoms. The summed E-state index contributed by atoms with van der Waals surface area (Å²) >= 11 is 6.28. The summed E-state index contributed by atoms with van der Waals surface area (Å²) in [5, 5.41) is 29.2. The minimum atomic E-state index is -0.796. The molecule has 0 heterocycles. The number of aliphatic hydroxyl groups excluding tert-OH is 1. The quantitative estimate of drug-likeness (QED) is 0.154. The van der Waals surface area contributed by atoms with Crippen molar-refractivity contribution in [3.05, 3.63) is 86.9 Å². The van der Waals surface area contributed by atoms with Crippen LogP contribution in [0.5, 0.6) is 17.2 Å². The first-order valence-electron chi connectivity index (χ1n) is 13.2. The summed E-state index contributed by atoms with van der Waals surface area (Å²) in [7, 11) is 0. The fourth-order valence-corrected chi connectivity index (χ4v) is 4.51. The molecule has 0 aliphatic heterocycles. The third kappa shape index (κ3) is 8.58. The number of halogens is 1. The summed E-state index contributed by atoms with van der Waals surface area (Å²) in [5.41, 5.74) is 2.23. The predicted molar refractivity (Wildman–Crippen MR) is 154 cm³/mol. The summed E-state index contributed by atoms with van der Waals surface area (Å²) in [6, 6.07) is 18.3. The van der Waals surface area contributed by atoms with Gasteiger partial charge < -0.3 is 25.2 Å². The molecular formula is C30H36ClN3O5. The molecular weight excluding hydrogens is 518 g/mol. The molecule has 3 N–H and O–H groups in total. The molecule has 0 saturated heterocycles. The van der Waals surface area contributed by atoms with Crippen molar-refractivity contribution in [1.29, 1.82) is 0 Å². The Morgan fingerprint density at radius 3 is 2.54 bits per heavy atom. The van der Waals surface area contributed by atoms with Gasteiger partial charge in [0.25, 0.3) is 5.69 Å². The zero-order chi connectivity index (χ0) is 28.0. The fraction of sp³-hybridized carbons (Fsp3) is 0.400. The van der Waals surface area contributed by atoms with E-state index >= 15 is 0 Å². The molecule has 0 bridgehead atoms. The topological polar surface area (TPSA) is 106 Å². The number of anilines is 1. The van der Waals surface area contributed by atoms with Crippen LogP contribution in [0.1, 0.15) is 37.8 Å². The second kappa shape index (κ2) is 12.7. The molecule has 1 saturated carbocycles. The molecule has 0 amide bonds. The lowest BCUT2D eigenvalue weighted by molar-refractivity contribution is -0.384. The molecule has 1 aliphatic rings. The summed E-state index contributed by atoms with van der Waals surface area (Å²) in [6.07, 6.45) is 2.19. The number of nitrogens with one attached hydrogen (secondary N) is 2. The number of β-amino-alcohol motifs (C(OH)–C–C–N with tert-alkyl or cyclic N) is 1. The van der Waals surface area contributed by atoms with Gasteiger partial charge in [-0.1, -0.05) is 35.9 Å². The number of nitrogens with zero attached hydrogens (tertiary/aromatic N) is 1. The van der Waals surface area contributed by atoms with Crippen LogP contribution in [0.4, 0.5) is 11.4 Å². The van der Waals surface area contributed by atoms with E-state index in [0.717, 1.165) is 30.4 Å². The highest BCUT2D eigenvalue weighted by atomic mass is 35.5. The van der Waals surface area contributed by atoms with Gasteiger partial charge in [0.2, 0.25) is 0 Å². The van der Waals surface area contributed by atoms with E-state index in [-0.39, 0.29) is 17.8 Å². The van der Waals surface area contributed by atoms with Crippen molar-refractivity contribution in [2.24, 2.45) is 5.92 Å². The lowest BCUT2D eigenvalue weighted by Crippen LogP contribution is -2.46. The number of benzene rings is 3. The molecule has 208 valence electrons. The summed E-state index contributed by atoms with van der Waals surface area (Å²) in [5.74, 6) is 2.24. The van der Waals surface area contributed by atoms with E-state index in [2.05, 4.69) is 24.5 Å². The number of ether oxygens (including phenoxy) is 2. The number of hydrogen-bond donors (Lipinski definition) is 3. The lowest BCUT2D eigenvalue weighted by Gasteiger charge is -2.28. The van der Waals surface area contributed by atoms with Gasteiger partial charge in [-0.3, -0.25) is 10.1 Å². The summed E-state index contributed by atoms with van der Waals surface area (Å²) in [4.78, 5) is 11.1. The minimum Gasteiger partial charge on any atom is -0.488 e. The molecule has 3 aromatic rings. The van der Waals surface area contributed by atoms with Crippen LogP contribution in [0.3, 0.4) is 0 Å². The number of nitro benzene ring substituents is 1. The van der Waals surface area contributed by atoms with E-state index in [9.17, 15) is 15.2 Å². The maximum absolute atomic E-state index is 11.5. The van der Waals surface area contributed by atoms with Gasteiger partial charge in [0.15, 0.2) is 5.69 Å². The molecule has 3 aromatic carbocycles. The normalized spacial score (nSPS) is 14.1. The van der Waals surface area contributed by atoms with Gasteiger partial charge >= 0.3 is 0 Å². The van der Waals surface area contributed by atoms with Crippen molar-refractivity contribution in [3.63, 3.8) is 0 Å². The summed E-state index contributed by atoms with van der Waals surface area (Å²) < 4.78 is 11.7. The van der Waals surface area contributed by atoms with Gasteiger partial charge in [0, 0.05) is 24.7 Å². The Labute approximate surface area is 234 Å². The largest absolute Gasteiger partial charge is 0.488 e. The maximum atomic E-state index is 11.5. The molecule has 0 spiro atoms. The highest BCUT2D eigenvalue weighted by molar-refractivity contribution is 6.32. The molecule has 39 heavy (non-hydrogen) atoms. The maximum Gasteiger partial charge on any atom is 0.296 e. The SMILES string of the molecule is Cc1ccc(Oc2ccc(CC(C)(C)NC[C@H](O)COc3cccc([N+](=O)[O-])c3NCC3CC3)cc2)c(Cl)c1. The standard InChI is InChI=1S/C30H36ClN3O5/c1-20-7-14-27(25(31)15-20)39-24-12-10-21(11-13-24)16-30(2,3)33-18-23(35)19-38-28-6-4-5-26(34(36)37)29(28)32-17-22-8-9-22/h4-7,10-15,22-23,32-33,35H,8-9,16-19H2,1-3H3/t23-/m0/s1. The van der Waals surface area contributed by atoms with E-state index in [1.165, 1.54) is 6.07 Å². The average molecular weight is 554 g/mol. The van der Waals surface area contributed by atoms with Gasteiger partial charge in [-0.15, -0.1) is 0 Å². The highest BCUT2D eigenvalue weighted by Crippen LogP contribution is 2.37. The van der Waals surface area contributed by atoms with Gasteiger partial charge in [-0.05, 0) is 87.4 Å². The van der Waals surface area contributed by atoms with Crippen molar-refractivity contribution in [2.75, 3.05) is 25.0 Å². The number of nitro groups is 1. The van der Waals surface area contributed by atoms with Gasteiger partial charge in [-0.25, -0.2) is 0 Å². The molecule has 8 nitrogen and oxygen atoms in total. The number of aryl methyl sites for hydroxylation is 1. The third-order valence-electron chi connectivity index (χ3n) is 6.60. The third-order valence-corrected chi connectivity index (χ3v) is 6.89. The first-order valence-corrected chi connectivity index (χ1v) is 13.6. The Kier molecular flexibility index (Phi) is 9.32. The van der Waals surface area contributed by atoms with Crippen LogP contribution in [0.2, 0.25) is 5.02 Å². The molecule has 0 unspecified atom stereocenters. The first kappa shape index (κ1) is 28.7. The molecule has 1 atom stereocenters. The van der Waals surface area contributed by atoms with Crippen LogP contribution >= 0.6 is 11.6 Å². The number of aliphatic hydroxyl groups is 1. The Hall–Kier alpha value is -3.33. The Morgan fingerprint density at radius 2 is 1.87 bits per heavy atom. The zero-order valence-electron chi connectivity index (χ0n) is 22.6. The number of para-hydroxylation sites is 1. The molecule has 1 aliphatic carbocycles. The van der Waals surface area contributed by atoms with E-state index in [1.54, 1.807) is 12.1 Å². The average Bonchev–Trinajstić information content (AvgIpc) is 3.72. The van der Waals surface area contributed by atoms with Crippen LogP contribution < -0.4 is 20.1 Å². The second-order valence-corrected chi connectivity index (χ2v) is 11.2. The fourth-order valence-electron chi connectivity index (χ4n) is 4.24. The molecule has 0 aromatic heterocycles. The van der Waals surface area contributed by atoms with Gasteiger partial charge in [0.1, 0.15) is 30.0 Å². The van der Waals surface area contributed by atoms with Crippen molar-refractivity contribution in [3.8, 4) is 17.2 Å². The smallest absolute Gasteiger partial charge is 0.296 e. The number of hydrogen-bond acceptors (Lipinski definition) is 7. The van der Waals surface area contributed by atoms with Crippen LogP contribution in [0.15, 0.2) is 60.7 Å².